The first kappa shape index (κ1) is 23.5. The van der Waals surface area contributed by atoms with Crippen LogP contribution in [0, 0.1) is 0 Å². The molecule has 0 spiro atoms. The van der Waals surface area contributed by atoms with E-state index in [2.05, 4.69) is 15.8 Å². The maximum absolute atomic E-state index is 12.2. The molecule has 168 valence electrons. The molecule has 9 heteroatoms. The van der Waals surface area contributed by atoms with E-state index in [1.807, 2.05) is 6.92 Å². The van der Waals surface area contributed by atoms with Crippen LogP contribution in [0.4, 0.5) is 5.69 Å². The lowest BCUT2D eigenvalue weighted by molar-refractivity contribution is -0.136. The Kier molecular flexibility index (Phi) is 8.15. The zero-order valence-electron chi connectivity index (χ0n) is 17.6. The van der Waals surface area contributed by atoms with Gasteiger partial charge in [0.1, 0.15) is 11.5 Å². The van der Waals surface area contributed by atoms with Gasteiger partial charge in [0.05, 0.1) is 29.1 Å². The van der Waals surface area contributed by atoms with Crippen molar-refractivity contribution < 1.29 is 23.9 Å². The van der Waals surface area contributed by atoms with Crippen molar-refractivity contribution in [2.75, 3.05) is 11.9 Å². The number of hydrogen-bond donors (Lipinski definition) is 2. The summed E-state index contributed by atoms with van der Waals surface area (Å²) in [6.07, 6.45) is 1.35. The Balaban J connectivity index is 1.50. The smallest absolute Gasteiger partial charge is 0.343 e. The van der Waals surface area contributed by atoms with Crippen LogP contribution in [0.5, 0.6) is 11.5 Å². The Hall–Kier alpha value is -4.17. The van der Waals surface area contributed by atoms with Gasteiger partial charge in [-0.25, -0.2) is 10.2 Å². The molecular formula is C24H20ClN3O5. The monoisotopic (exact) mass is 465 g/mol. The van der Waals surface area contributed by atoms with Gasteiger partial charge in [0.25, 0.3) is 0 Å². The molecule has 3 rings (SSSR count). The highest BCUT2D eigenvalue weighted by atomic mass is 35.5. The summed E-state index contributed by atoms with van der Waals surface area (Å²) < 4.78 is 10.7. The van der Waals surface area contributed by atoms with Crippen LogP contribution in [0.3, 0.4) is 0 Å². The molecule has 0 aliphatic rings. The maximum atomic E-state index is 12.2. The third-order valence-corrected chi connectivity index (χ3v) is 4.53. The van der Waals surface area contributed by atoms with Crippen molar-refractivity contribution in [2.24, 2.45) is 5.10 Å². The number of benzene rings is 3. The Morgan fingerprint density at radius 3 is 2.24 bits per heavy atom. The second-order valence-corrected chi connectivity index (χ2v) is 6.96. The van der Waals surface area contributed by atoms with Crippen molar-refractivity contribution in [3.8, 4) is 11.5 Å². The normalized spacial score (nSPS) is 10.5. The number of nitrogens with zero attached hydrogens (tertiary/aromatic N) is 1. The maximum Gasteiger partial charge on any atom is 0.343 e. The van der Waals surface area contributed by atoms with E-state index >= 15 is 0 Å². The highest BCUT2D eigenvalue weighted by molar-refractivity contribution is 6.41. The van der Waals surface area contributed by atoms with E-state index in [4.69, 9.17) is 21.1 Å². The van der Waals surface area contributed by atoms with Crippen LogP contribution in [0.1, 0.15) is 22.8 Å². The Morgan fingerprint density at radius 1 is 0.909 bits per heavy atom. The van der Waals surface area contributed by atoms with Gasteiger partial charge in [-0.1, -0.05) is 23.7 Å². The zero-order valence-corrected chi connectivity index (χ0v) is 18.3. The zero-order chi connectivity index (χ0) is 23.6. The highest BCUT2D eigenvalue weighted by Gasteiger charge is 2.14. The lowest BCUT2D eigenvalue weighted by Crippen LogP contribution is -2.32. The molecule has 0 atom stereocenters. The van der Waals surface area contributed by atoms with Crippen molar-refractivity contribution in [3.63, 3.8) is 0 Å². The predicted octanol–water partition coefficient (Wildman–Crippen LogP) is 4.05. The number of nitrogens with one attached hydrogen (secondary N) is 2. The van der Waals surface area contributed by atoms with E-state index in [0.29, 0.717) is 39.9 Å². The summed E-state index contributed by atoms with van der Waals surface area (Å²) in [5, 5.41) is 6.46. The third-order valence-electron chi connectivity index (χ3n) is 4.20. The fraction of sp³-hybridized carbons (Fsp3) is 0.0833. The minimum absolute atomic E-state index is 0.311. The van der Waals surface area contributed by atoms with E-state index in [1.165, 1.54) is 6.21 Å². The molecule has 0 aliphatic carbocycles. The summed E-state index contributed by atoms with van der Waals surface area (Å²) in [7, 11) is 0. The second kappa shape index (κ2) is 11.4. The van der Waals surface area contributed by atoms with Gasteiger partial charge in [-0.15, -0.1) is 0 Å². The molecule has 3 aromatic carbocycles. The van der Waals surface area contributed by atoms with Crippen molar-refractivity contribution in [1.29, 1.82) is 0 Å². The van der Waals surface area contributed by atoms with Crippen LogP contribution >= 0.6 is 11.6 Å². The number of esters is 1. The molecule has 0 fully saturated rings. The van der Waals surface area contributed by atoms with Crippen molar-refractivity contribution >= 4 is 41.3 Å². The van der Waals surface area contributed by atoms with Gasteiger partial charge in [-0.05, 0) is 73.2 Å². The number of hydrazone groups is 1. The highest BCUT2D eigenvalue weighted by Crippen LogP contribution is 2.20. The molecule has 0 heterocycles. The number of amides is 2. The summed E-state index contributed by atoms with van der Waals surface area (Å²) in [5.41, 5.74) is 3.45. The summed E-state index contributed by atoms with van der Waals surface area (Å²) >= 11 is 5.94. The third kappa shape index (κ3) is 6.91. The van der Waals surface area contributed by atoms with Gasteiger partial charge in [0.15, 0.2) is 0 Å². The van der Waals surface area contributed by atoms with Crippen LogP contribution in [0.15, 0.2) is 77.9 Å². The standard InChI is InChI=1S/C24H20ClN3O5/c1-2-32-18-13-9-17(10-14-18)24(31)33-19-11-7-16(8-12-19)15-26-28-23(30)22(29)27-21-6-4-3-5-20(21)25/h3-15H,2H2,1H3,(H,27,29)(H,28,30)/b26-15+. The van der Waals surface area contributed by atoms with Crippen LogP contribution in [0.2, 0.25) is 5.02 Å². The molecule has 2 N–H and O–H groups in total. The van der Waals surface area contributed by atoms with E-state index < -0.39 is 17.8 Å². The van der Waals surface area contributed by atoms with Crippen LogP contribution in [-0.4, -0.2) is 30.6 Å². The van der Waals surface area contributed by atoms with E-state index in [1.54, 1.807) is 72.8 Å². The average Bonchev–Trinajstić information content (AvgIpc) is 2.82. The SMILES string of the molecule is CCOc1ccc(C(=O)Oc2ccc(/C=N/NC(=O)C(=O)Nc3ccccc3Cl)cc2)cc1. The number of carbonyl (C=O) groups excluding carboxylic acids is 3. The molecule has 0 unspecified atom stereocenters. The van der Waals surface area contributed by atoms with Gasteiger partial charge in [-0.2, -0.15) is 5.10 Å². The fourth-order valence-corrected chi connectivity index (χ4v) is 2.78. The lowest BCUT2D eigenvalue weighted by Gasteiger charge is -2.06. The van der Waals surface area contributed by atoms with E-state index in [-0.39, 0.29) is 0 Å². The number of ether oxygens (including phenoxy) is 2. The molecule has 0 saturated carbocycles. The van der Waals surface area contributed by atoms with Gasteiger partial charge < -0.3 is 14.8 Å². The summed E-state index contributed by atoms with van der Waals surface area (Å²) in [6, 6.07) is 19.6. The van der Waals surface area contributed by atoms with E-state index in [9.17, 15) is 14.4 Å². The summed E-state index contributed by atoms with van der Waals surface area (Å²) in [6.45, 7) is 2.42. The van der Waals surface area contributed by atoms with Crippen LogP contribution in [0.25, 0.3) is 0 Å². The summed E-state index contributed by atoms with van der Waals surface area (Å²) in [5.74, 6) is -1.35. The summed E-state index contributed by atoms with van der Waals surface area (Å²) in [4.78, 5) is 36.0. The molecule has 3 aromatic rings. The molecule has 33 heavy (non-hydrogen) atoms. The average molecular weight is 466 g/mol. The van der Waals surface area contributed by atoms with Gasteiger partial charge in [0.2, 0.25) is 0 Å². The predicted molar refractivity (Wildman–Crippen MR) is 125 cm³/mol. The van der Waals surface area contributed by atoms with Crippen molar-refractivity contribution in [1.82, 2.24) is 5.43 Å². The molecule has 0 aromatic heterocycles. The molecule has 0 bridgehead atoms. The molecule has 8 nitrogen and oxygen atoms in total. The molecule has 0 radical (unpaired) electrons. The largest absolute Gasteiger partial charge is 0.494 e. The first-order valence-electron chi connectivity index (χ1n) is 9.90. The number of para-hydroxylation sites is 1. The fourth-order valence-electron chi connectivity index (χ4n) is 2.60. The number of carbonyl (C=O) groups is 3. The molecular weight excluding hydrogens is 446 g/mol. The molecule has 0 aliphatic heterocycles. The quantitative estimate of drug-likeness (QED) is 0.180. The second-order valence-electron chi connectivity index (χ2n) is 6.55. The number of anilines is 1. The Morgan fingerprint density at radius 2 is 1.58 bits per heavy atom. The molecule has 0 saturated heterocycles. The van der Waals surface area contributed by atoms with Crippen LogP contribution in [-0.2, 0) is 9.59 Å². The lowest BCUT2D eigenvalue weighted by atomic mass is 10.2. The van der Waals surface area contributed by atoms with Gasteiger partial charge in [-0.3, -0.25) is 9.59 Å². The van der Waals surface area contributed by atoms with Gasteiger partial charge >= 0.3 is 17.8 Å². The number of rotatable bonds is 7. The van der Waals surface area contributed by atoms with Gasteiger partial charge in [0, 0.05) is 0 Å². The number of halogens is 1. The first-order valence-corrected chi connectivity index (χ1v) is 10.3. The Bertz CT molecular complexity index is 1160. The van der Waals surface area contributed by atoms with Crippen molar-refractivity contribution in [3.05, 3.63) is 88.9 Å². The minimum atomic E-state index is -0.952. The number of hydrogen-bond acceptors (Lipinski definition) is 6. The Labute approximate surface area is 195 Å². The van der Waals surface area contributed by atoms with E-state index in [0.717, 1.165) is 0 Å². The first-order chi connectivity index (χ1) is 16.0. The minimum Gasteiger partial charge on any atom is -0.494 e. The van der Waals surface area contributed by atoms with Crippen molar-refractivity contribution in [2.45, 2.75) is 6.92 Å². The van der Waals surface area contributed by atoms with Crippen LogP contribution < -0.4 is 20.2 Å². The molecule has 2 amide bonds. The topological polar surface area (TPSA) is 106 Å².